The molecule has 0 saturated carbocycles. The van der Waals surface area contributed by atoms with E-state index in [1.165, 1.54) is 0 Å². The average molecular weight is 407 g/mol. The molecule has 2 aromatic carbocycles. The molecule has 29 heavy (non-hydrogen) atoms. The fourth-order valence-electron chi connectivity index (χ4n) is 3.16. The predicted octanol–water partition coefficient (Wildman–Crippen LogP) is 5.51. The van der Waals surface area contributed by atoms with Crippen LogP contribution >= 0.6 is 11.6 Å². The van der Waals surface area contributed by atoms with Crippen LogP contribution in [0.2, 0.25) is 5.02 Å². The highest BCUT2D eigenvalue weighted by atomic mass is 35.5. The Kier molecular flexibility index (Phi) is 4.10. The molecule has 0 saturated heterocycles. The van der Waals surface area contributed by atoms with Crippen molar-refractivity contribution in [2.75, 3.05) is 7.11 Å². The normalized spacial score (nSPS) is 11.3. The Morgan fingerprint density at radius 3 is 2.55 bits per heavy atom. The summed E-state index contributed by atoms with van der Waals surface area (Å²) in [6.45, 7) is 1.95. The van der Waals surface area contributed by atoms with Crippen LogP contribution in [0, 0.1) is 6.92 Å². The number of aromatic nitrogens is 4. The van der Waals surface area contributed by atoms with Gasteiger partial charge >= 0.3 is 0 Å². The lowest BCUT2D eigenvalue weighted by Crippen LogP contribution is -1.80. The van der Waals surface area contributed by atoms with Crippen LogP contribution in [-0.2, 0) is 0 Å². The Morgan fingerprint density at radius 2 is 1.76 bits per heavy atom. The lowest BCUT2D eigenvalue weighted by Gasteiger charge is -1.97. The third-order valence-electron chi connectivity index (χ3n) is 4.71. The zero-order chi connectivity index (χ0) is 20.0. The zero-order valence-corrected chi connectivity index (χ0v) is 16.3. The molecule has 1 N–H and O–H groups in total. The van der Waals surface area contributed by atoms with Crippen LogP contribution in [0.4, 0.5) is 0 Å². The van der Waals surface area contributed by atoms with Crippen molar-refractivity contribution in [1.29, 1.82) is 0 Å². The van der Waals surface area contributed by atoms with Gasteiger partial charge in [0, 0.05) is 27.6 Å². The van der Waals surface area contributed by atoms with E-state index in [1.54, 1.807) is 7.11 Å². The highest BCUT2D eigenvalue weighted by Crippen LogP contribution is 2.35. The number of furan rings is 1. The Bertz CT molecular complexity index is 1320. The van der Waals surface area contributed by atoms with Crippen molar-refractivity contribution >= 4 is 22.6 Å². The van der Waals surface area contributed by atoms with Gasteiger partial charge in [-0.25, -0.2) is 0 Å². The molecule has 0 spiro atoms. The molecule has 5 aromatic rings. The van der Waals surface area contributed by atoms with Gasteiger partial charge in [0.1, 0.15) is 17.0 Å². The van der Waals surface area contributed by atoms with Crippen molar-refractivity contribution < 1.29 is 13.6 Å². The number of hydrogen-bond acceptors (Lipinski definition) is 6. The molecular formula is C21H15ClN4O3. The maximum Gasteiger partial charge on any atom is 0.284 e. The van der Waals surface area contributed by atoms with Gasteiger partial charge in [-0.05, 0) is 37.3 Å². The first-order chi connectivity index (χ1) is 14.1. The van der Waals surface area contributed by atoms with E-state index in [1.807, 2.05) is 55.5 Å². The molecule has 5 rings (SSSR count). The van der Waals surface area contributed by atoms with E-state index in [2.05, 4.69) is 20.4 Å². The standard InChI is InChI=1S/C21H15ClN4O3/c1-11-15-8-7-14(27-2)9-18(15)28-19(11)21-26-25-20(29-21)17-10-16(23-24-17)12-3-5-13(22)6-4-12/h3-10H,1-2H3,(H,23,24). The van der Waals surface area contributed by atoms with E-state index < -0.39 is 0 Å². The van der Waals surface area contributed by atoms with E-state index in [0.29, 0.717) is 33.8 Å². The van der Waals surface area contributed by atoms with Gasteiger partial charge in [0.15, 0.2) is 5.76 Å². The van der Waals surface area contributed by atoms with Crippen molar-refractivity contribution in [3.63, 3.8) is 0 Å². The molecule has 3 aromatic heterocycles. The number of rotatable bonds is 4. The number of halogens is 1. The molecule has 0 aliphatic rings. The lowest BCUT2D eigenvalue weighted by atomic mass is 10.1. The van der Waals surface area contributed by atoms with Crippen molar-refractivity contribution in [2.24, 2.45) is 0 Å². The summed E-state index contributed by atoms with van der Waals surface area (Å²) in [6, 6.07) is 14.9. The molecule has 0 fully saturated rings. The van der Waals surface area contributed by atoms with Crippen LogP contribution < -0.4 is 4.74 Å². The molecule has 144 valence electrons. The molecule has 0 aliphatic heterocycles. The highest BCUT2D eigenvalue weighted by Gasteiger charge is 2.20. The van der Waals surface area contributed by atoms with Gasteiger partial charge in [0.05, 0.1) is 12.8 Å². The predicted molar refractivity (Wildman–Crippen MR) is 109 cm³/mol. The largest absolute Gasteiger partial charge is 0.497 e. The summed E-state index contributed by atoms with van der Waals surface area (Å²) < 4.78 is 17.1. The third kappa shape index (κ3) is 3.05. The number of nitrogens with one attached hydrogen (secondary N) is 1. The SMILES string of the molecule is COc1ccc2c(C)c(-c3nnc(-c4cc(-c5ccc(Cl)cc5)n[nH]4)o3)oc2c1. The van der Waals surface area contributed by atoms with Crippen molar-refractivity contribution in [2.45, 2.75) is 6.92 Å². The number of benzene rings is 2. The summed E-state index contributed by atoms with van der Waals surface area (Å²) in [5.41, 5.74) is 3.92. The quantitative estimate of drug-likeness (QED) is 0.423. The topological polar surface area (TPSA) is 90.0 Å². The number of aromatic amines is 1. The van der Waals surface area contributed by atoms with E-state index >= 15 is 0 Å². The first-order valence-electron chi connectivity index (χ1n) is 8.85. The molecule has 8 heteroatoms. The van der Waals surface area contributed by atoms with Crippen LogP contribution in [0.15, 0.2) is 57.4 Å². The Labute approximate surface area is 170 Å². The Morgan fingerprint density at radius 1 is 0.966 bits per heavy atom. The number of methoxy groups -OCH3 is 1. The smallest absolute Gasteiger partial charge is 0.284 e. The van der Waals surface area contributed by atoms with Gasteiger partial charge < -0.3 is 13.6 Å². The van der Waals surface area contributed by atoms with Crippen molar-refractivity contribution in [3.05, 3.63) is 59.1 Å². The maximum absolute atomic E-state index is 5.95. The number of H-pyrrole nitrogens is 1. The van der Waals surface area contributed by atoms with Crippen molar-refractivity contribution in [1.82, 2.24) is 20.4 Å². The summed E-state index contributed by atoms with van der Waals surface area (Å²) >= 11 is 5.94. The van der Waals surface area contributed by atoms with Crippen LogP contribution in [0.1, 0.15) is 5.56 Å². The Balaban J connectivity index is 1.49. The molecule has 0 amide bonds. The molecule has 0 unspecified atom stereocenters. The summed E-state index contributed by atoms with van der Waals surface area (Å²) in [4.78, 5) is 0. The number of hydrogen-bond donors (Lipinski definition) is 1. The third-order valence-corrected chi connectivity index (χ3v) is 4.96. The van der Waals surface area contributed by atoms with Crippen LogP contribution in [-0.4, -0.2) is 27.5 Å². The molecule has 0 bridgehead atoms. The minimum absolute atomic E-state index is 0.301. The maximum atomic E-state index is 5.95. The molecule has 0 radical (unpaired) electrons. The van der Waals surface area contributed by atoms with Crippen molar-refractivity contribution in [3.8, 4) is 40.2 Å². The molecular weight excluding hydrogens is 392 g/mol. The molecule has 0 aliphatic carbocycles. The number of ether oxygens (including phenoxy) is 1. The first kappa shape index (κ1) is 17.5. The Hall–Kier alpha value is -3.58. The molecule has 3 heterocycles. The second-order valence-electron chi connectivity index (χ2n) is 6.50. The fraction of sp³-hybridized carbons (Fsp3) is 0.0952. The molecule has 0 atom stereocenters. The van der Waals surface area contributed by atoms with E-state index in [-0.39, 0.29) is 0 Å². The van der Waals surface area contributed by atoms with Gasteiger partial charge in [-0.1, -0.05) is 23.7 Å². The van der Waals surface area contributed by atoms with E-state index in [4.69, 9.17) is 25.2 Å². The summed E-state index contributed by atoms with van der Waals surface area (Å²) in [5.74, 6) is 1.88. The molecule has 7 nitrogen and oxygen atoms in total. The minimum atomic E-state index is 0.301. The second-order valence-corrected chi connectivity index (χ2v) is 6.94. The van der Waals surface area contributed by atoms with Gasteiger partial charge in [-0.3, -0.25) is 5.10 Å². The number of aryl methyl sites for hydroxylation is 1. The van der Waals surface area contributed by atoms with E-state index in [9.17, 15) is 0 Å². The zero-order valence-electron chi connectivity index (χ0n) is 15.6. The number of fused-ring (bicyclic) bond motifs is 1. The van der Waals surface area contributed by atoms with Gasteiger partial charge in [-0.2, -0.15) is 5.10 Å². The second kappa shape index (κ2) is 6.79. The van der Waals surface area contributed by atoms with Gasteiger partial charge in [0.2, 0.25) is 0 Å². The highest BCUT2D eigenvalue weighted by molar-refractivity contribution is 6.30. The lowest BCUT2D eigenvalue weighted by molar-refractivity contribution is 0.414. The summed E-state index contributed by atoms with van der Waals surface area (Å²) in [7, 11) is 1.62. The van der Waals surface area contributed by atoms with Gasteiger partial charge in [0.25, 0.3) is 11.8 Å². The summed E-state index contributed by atoms with van der Waals surface area (Å²) in [5, 5.41) is 17.2. The minimum Gasteiger partial charge on any atom is -0.497 e. The van der Waals surface area contributed by atoms with Gasteiger partial charge in [-0.15, -0.1) is 10.2 Å². The van der Waals surface area contributed by atoms with E-state index in [0.717, 1.165) is 28.0 Å². The van der Waals surface area contributed by atoms with Crippen LogP contribution in [0.25, 0.3) is 45.5 Å². The number of nitrogens with zero attached hydrogens (tertiary/aromatic N) is 3. The average Bonchev–Trinajstić information content (AvgIpc) is 3.47. The first-order valence-corrected chi connectivity index (χ1v) is 9.23. The van der Waals surface area contributed by atoms with Crippen LogP contribution in [0.5, 0.6) is 5.75 Å². The fourth-order valence-corrected chi connectivity index (χ4v) is 3.29. The van der Waals surface area contributed by atoms with Crippen LogP contribution in [0.3, 0.4) is 0 Å². The monoisotopic (exact) mass is 406 g/mol. The summed E-state index contributed by atoms with van der Waals surface area (Å²) in [6.07, 6.45) is 0.